The molecule has 0 fully saturated rings. The molecule has 4 nitrogen and oxygen atoms in total. The average Bonchev–Trinajstić information content (AvgIpc) is 3.02. The highest BCUT2D eigenvalue weighted by Crippen LogP contribution is 2.42. The molecule has 0 aliphatic carbocycles. The summed E-state index contributed by atoms with van der Waals surface area (Å²) in [6, 6.07) is 11.8. The highest BCUT2D eigenvalue weighted by atomic mass is 35.5. The summed E-state index contributed by atoms with van der Waals surface area (Å²) in [5.41, 5.74) is 9.85. The molecule has 0 saturated heterocycles. The fourth-order valence-electron chi connectivity index (χ4n) is 2.98. The Morgan fingerprint density at radius 3 is 2.88 bits per heavy atom. The summed E-state index contributed by atoms with van der Waals surface area (Å²) in [6.07, 6.45) is 1.23. The van der Waals surface area contributed by atoms with Gasteiger partial charge in [-0.3, -0.25) is 4.79 Å². The van der Waals surface area contributed by atoms with Gasteiger partial charge in [-0.05, 0) is 28.8 Å². The standard InChI is InChI=1S/C19H21ClN2O2/c1-2-18(23)22-11-12-5-3-4-6-16(12)17-9-14(20)7-13-8-15(10-21)24-19(13)17/h3-7,9,15H,2,8,10-11,21H2,1H3,(H,22,23)/t15-/m0/s1. The molecule has 1 heterocycles. The molecular weight excluding hydrogens is 324 g/mol. The van der Waals surface area contributed by atoms with Crippen molar-refractivity contribution < 1.29 is 9.53 Å². The molecule has 1 atom stereocenters. The summed E-state index contributed by atoms with van der Waals surface area (Å²) in [6.45, 7) is 2.79. The predicted octanol–water partition coefficient (Wildman–Crippen LogP) is 3.30. The van der Waals surface area contributed by atoms with Crippen molar-refractivity contribution in [3.8, 4) is 16.9 Å². The van der Waals surface area contributed by atoms with Crippen LogP contribution in [0.5, 0.6) is 5.75 Å². The Morgan fingerprint density at radius 2 is 2.12 bits per heavy atom. The van der Waals surface area contributed by atoms with Crippen LogP contribution in [0.4, 0.5) is 0 Å². The lowest BCUT2D eigenvalue weighted by molar-refractivity contribution is -0.120. The smallest absolute Gasteiger partial charge is 0.219 e. The van der Waals surface area contributed by atoms with Crippen molar-refractivity contribution in [2.45, 2.75) is 32.4 Å². The predicted molar refractivity (Wildman–Crippen MR) is 96.2 cm³/mol. The normalized spacial score (nSPS) is 15.7. The lowest BCUT2D eigenvalue weighted by Gasteiger charge is -2.15. The number of carbonyl (C=O) groups excluding carboxylic acids is 1. The van der Waals surface area contributed by atoms with E-state index in [0.29, 0.717) is 24.5 Å². The second kappa shape index (κ2) is 7.24. The van der Waals surface area contributed by atoms with Gasteiger partial charge in [0, 0.05) is 36.5 Å². The van der Waals surface area contributed by atoms with Crippen molar-refractivity contribution in [1.82, 2.24) is 5.32 Å². The molecule has 0 unspecified atom stereocenters. The van der Waals surface area contributed by atoms with Gasteiger partial charge in [0.05, 0.1) is 0 Å². The second-order valence-corrected chi connectivity index (χ2v) is 6.35. The van der Waals surface area contributed by atoms with Gasteiger partial charge in [0.15, 0.2) is 0 Å². The third-order valence-corrected chi connectivity index (χ3v) is 4.45. The van der Waals surface area contributed by atoms with Gasteiger partial charge in [-0.15, -0.1) is 0 Å². The van der Waals surface area contributed by atoms with E-state index in [9.17, 15) is 4.79 Å². The second-order valence-electron chi connectivity index (χ2n) is 5.91. The highest BCUT2D eigenvalue weighted by molar-refractivity contribution is 6.31. The van der Waals surface area contributed by atoms with Gasteiger partial charge in [-0.2, -0.15) is 0 Å². The van der Waals surface area contributed by atoms with Gasteiger partial charge < -0.3 is 15.8 Å². The SMILES string of the molecule is CCC(=O)NCc1ccccc1-c1cc(Cl)cc2c1O[C@H](CN)C2. The maximum absolute atomic E-state index is 11.6. The zero-order valence-corrected chi connectivity index (χ0v) is 14.4. The van der Waals surface area contributed by atoms with Crippen LogP contribution in [0.3, 0.4) is 0 Å². The van der Waals surface area contributed by atoms with E-state index in [1.807, 2.05) is 43.3 Å². The monoisotopic (exact) mass is 344 g/mol. The zero-order valence-electron chi connectivity index (χ0n) is 13.6. The number of hydrogen-bond donors (Lipinski definition) is 2. The van der Waals surface area contributed by atoms with Crippen molar-refractivity contribution in [2.75, 3.05) is 6.54 Å². The first kappa shape index (κ1) is 16.8. The Hall–Kier alpha value is -2.04. The molecule has 3 N–H and O–H groups in total. The molecule has 2 aromatic rings. The van der Waals surface area contributed by atoms with Crippen molar-refractivity contribution in [2.24, 2.45) is 5.73 Å². The van der Waals surface area contributed by atoms with Crippen LogP contribution in [0, 0.1) is 0 Å². The molecule has 2 aromatic carbocycles. The Bertz CT molecular complexity index is 761. The van der Waals surface area contributed by atoms with Gasteiger partial charge in [0.2, 0.25) is 5.91 Å². The number of nitrogens with one attached hydrogen (secondary N) is 1. The maximum atomic E-state index is 11.6. The van der Waals surface area contributed by atoms with Crippen LogP contribution < -0.4 is 15.8 Å². The third-order valence-electron chi connectivity index (χ3n) is 4.23. The summed E-state index contributed by atoms with van der Waals surface area (Å²) in [7, 11) is 0. The van der Waals surface area contributed by atoms with Gasteiger partial charge in [-0.25, -0.2) is 0 Å². The van der Waals surface area contributed by atoms with E-state index in [0.717, 1.165) is 34.4 Å². The lowest BCUT2D eigenvalue weighted by atomic mass is 9.96. The molecule has 1 aliphatic rings. The quantitative estimate of drug-likeness (QED) is 0.874. The first-order valence-corrected chi connectivity index (χ1v) is 8.54. The van der Waals surface area contributed by atoms with Crippen LogP contribution >= 0.6 is 11.6 Å². The van der Waals surface area contributed by atoms with Gasteiger partial charge in [0.25, 0.3) is 0 Å². The van der Waals surface area contributed by atoms with Crippen LogP contribution in [0.1, 0.15) is 24.5 Å². The molecule has 0 saturated carbocycles. The van der Waals surface area contributed by atoms with E-state index < -0.39 is 0 Å². The fourth-order valence-corrected chi connectivity index (χ4v) is 3.22. The molecule has 0 spiro atoms. The summed E-state index contributed by atoms with van der Waals surface area (Å²) < 4.78 is 6.03. The van der Waals surface area contributed by atoms with Crippen LogP contribution in [0.25, 0.3) is 11.1 Å². The third kappa shape index (κ3) is 3.40. The number of nitrogens with two attached hydrogens (primary N) is 1. The average molecular weight is 345 g/mol. The minimum absolute atomic E-state index is 0.0100. The Morgan fingerprint density at radius 1 is 1.33 bits per heavy atom. The van der Waals surface area contributed by atoms with Crippen LogP contribution in [-0.4, -0.2) is 18.6 Å². The Kier molecular flexibility index (Phi) is 5.07. The van der Waals surface area contributed by atoms with E-state index in [1.165, 1.54) is 0 Å². The van der Waals surface area contributed by atoms with Crippen molar-refractivity contribution in [3.05, 3.63) is 52.5 Å². The molecule has 5 heteroatoms. The number of halogens is 1. The minimum atomic E-state index is -0.0100. The molecule has 126 valence electrons. The van der Waals surface area contributed by atoms with E-state index in [1.54, 1.807) is 0 Å². The minimum Gasteiger partial charge on any atom is -0.488 e. The van der Waals surface area contributed by atoms with Crippen LogP contribution in [-0.2, 0) is 17.8 Å². The molecular formula is C19H21ClN2O2. The number of amides is 1. The molecule has 3 rings (SSSR count). The molecule has 1 amide bonds. The van der Waals surface area contributed by atoms with E-state index in [2.05, 4.69) is 5.32 Å². The van der Waals surface area contributed by atoms with Crippen molar-refractivity contribution in [3.63, 3.8) is 0 Å². The number of rotatable bonds is 5. The highest BCUT2D eigenvalue weighted by Gasteiger charge is 2.26. The summed E-state index contributed by atoms with van der Waals surface area (Å²) >= 11 is 6.32. The van der Waals surface area contributed by atoms with E-state index >= 15 is 0 Å². The number of fused-ring (bicyclic) bond motifs is 1. The van der Waals surface area contributed by atoms with Gasteiger partial charge in [0.1, 0.15) is 11.9 Å². The lowest BCUT2D eigenvalue weighted by Crippen LogP contribution is -2.24. The summed E-state index contributed by atoms with van der Waals surface area (Å²) in [5.74, 6) is 0.879. The largest absolute Gasteiger partial charge is 0.488 e. The molecule has 0 bridgehead atoms. The number of carbonyl (C=O) groups is 1. The summed E-state index contributed by atoms with van der Waals surface area (Å²) in [5, 5.41) is 3.61. The first-order valence-electron chi connectivity index (χ1n) is 8.16. The number of hydrogen-bond acceptors (Lipinski definition) is 3. The number of ether oxygens (including phenoxy) is 1. The molecule has 0 radical (unpaired) electrons. The van der Waals surface area contributed by atoms with Crippen LogP contribution in [0.2, 0.25) is 5.02 Å². The zero-order chi connectivity index (χ0) is 17.1. The molecule has 24 heavy (non-hydrogen) atoms. The first-order chi connectivity index (χ1) is 11.6. The molecule has 0 aromatic heterocycles. The topological polar surface area (TPSA) is 64.3 Å². The van der Waals surface area contributed by atoms with Gasteiger partial charge >= 0.3 is 0 Å². The maximum Gasteiger partial charge on any atom is 0.219 e. The van der Waals surface area contributed by atoms with E-state index in [4.69, 9.17) is 22.1 Å². The van der Waals surface area contributed by atoms with Crippen LogP contribution in [0.15, 0.2) is 36.4 Å². The van der Waals surface area contributed by atoms with Crippen molar-refractivity contribution in [1.29, 1.82) is 0 Å². The Balaban J connectivity index is 2.00. The Labute approximate surface area is 147 Å². The van der Waals surface area contributed by atoms with Gasteiger partial charge in [-0.1, -0.05) is 42.8 Å². The van der Waals surface area contributed by atoms with E-state index in [-0.39, 0.29) is 12.0 Å². The van der Waals surface area contributed by atoms with Crippen molar-refractivity contribution >= 4 is 17.5 Å². The summed E-state index contributed by atoms with van der Waals surface area (Å²) in [4.78, 5) is 11.6. The number of benzene rings is 2. The fraction of sp³-hybridized carbons (Fsp3) is 0.316. The molecule has 1 aliphatic heterocycles.